The normalized spacial score (nSPS) is 11.8. The molecule has 182 valence electrons. The Labute approximate surface area is 190 Å². The number of hydrogen-bond donors (Lipinski definition) is 2. The lowest BCUT2D eigenvalue weighted by Crippen LogP contribution is -2.42. The second-order valence-corrected chi connectivity index (χ2v) is 8.66. The third-order valence-electron chi connectivity index (χ3n) is 5.70. The Hall–Kier alpha value is -1.59. The molecule has 0 saturated carbocycles. The van der Waals surface area contributed by atoms with Crippen molar-refractivity contribution in [2.24, 2.45) is 0 Å². The Balaban J connectivity index is 4.19. The van der Waals surface area contributed by atoms with E-state index in [1.807, 2.05) is 4.90 Å². The zero-order valence-corrected chi connectivity index (χ0v) is 20.4. The van der Waals surface area contributed by atoms with Crippen molar-refractivity contribution < 1.29 is 19.5 Å². The van der Waals surface area contributed by atoms with Gasteiger partial charge in [-0.25, -0.2) is 4.79 Å². The van der Waals surface area contributed by atoms with Crippen LogP contribution in [0.1, 0.15) is 124 Å². The van der Waals surface area contributed by atoms with Crippen LogP contribution in [0.4, 0.5) is 0 Å². The maximum Gasteiger partial charge on any atom is 0.326 e. The van der Waals surface area contributed by atoms with E-state index >= 15 is 0 Å². The lowest BCUT2D eigenvalue weighted by atomic mass is 10.1. The summed E-state index contributed by atoms with van der Waals surface area (Å²) in [5.74, 6) is -1.31. The number of nitrogens with one attached hydrogen (secondary N) is 1. The monoisotopic (exact) mass is 440 g/mol. The largest absolute Gasteiger partial charge is 0.480 e. The number of amides is 2. The molecule has 31 heavy (non-hydrogen) atoms. The van der Waals surface area contributed by atoms with Crippen molar-refractivity contribution in [3.05, 3.63) is 0 Å². The van der Waals surface area contributed by atoms with Crippen LogP contribution in [-0.4, -0.2) is 46.9 Å². The van der Waals surface area contributed by atoms with Crippen molar-refractivity contribution in [3.63, 3.8) is 0 Å². The Morgan fingerprint density at radius 3 is 1.68 bits per heavy atom. The van der Waals surface area contributed by atoms with Gasteiger partial charge in [-0.15, -0.1) is 0 Å². The molecule has 0 unspecified atom stereocenters. The molecule has 0 aliphatic carbocycles. The van der Waals surface area contributed by atoms with E-state index in [-0.39, 0.29) is 24.7 Å². The summed E-state index contributed by atoms with van der Waals surface area (Å²) in [4.78, 5) is 38.1. The molecule has 0 aromatic heterocycles. The van der Waals surface area contributed by atoms with Gasteiger partial charge in [0.25, 0.3) is 0 Å². The second-order valence-electron chi connectivity index (χ2n) is 8.66. The van der Waals surface area contributed by atoms with Gasteiger partial charge in [-0.1, -0.05) is 85.0 Å². The number of carboxylic acid groups (broad SMARTS) is 1. The molecule has 6 nitrogen and oxygen atoms in total. The highest BCUT2D eigenvalue weighted by Gasteiger charge is 2.22. The molecule has 0 aliphatic rings. The Morgan fingerprint density at radius 1 is 0.710 bits per heavy atom. The molecule has 1 atom stereocenters. The standard InChI is InChI=1S/C25H48N2O4/c1-4-7-10-11-12-13-14-15-16-17-23(28)26-22(25(30)31)18-19-24(29)27(20-8-5-2)21-9-6-3/h22H,4-21H2,1-3H3,(H,26,28)(H,30,31)/t22-/m0/s1. The van der Waals surface area contributed by atoms with Gasteiger partial charge in [0.15, 0.2) is 0 Å². The minimum atomic E-state index is -1.07. The van der Waals surface area contributed by atoms with Gasteiger partial charge in [0.2, 0.25) is 11.8 Å². The predicted octanol–water partition coefficient (Wildman–Crippen LogP) is 5.69. The third-order valence-corrected chi connectivity index (χ3v) is 5.70. The third kappa shape index (κ3) is 16.7. The van der Waals surface area contributed by atoms with Crippen molar-refractivity contribution in [1.29, 1.82) is 0 Å². The molecule has 0 aromatic carbocycles. The minimum absolute atomic E-state index is 0.0127. The SMILES string of the molecule is CCCCCCCCCCCC(=O)N[C@@H](CCC(=O)N(CCCC)CCCC)C(=O)O. The summed E-state index contributed by atoms with van der Waals surface area (Å²) in [6.45, 7) is 7.84. The first-order chi connectivity index (χ1) is 15.0. The topological polar surface area (TPSA) is 86.7 Å². The molecule has 0 bridgehead atoms. The van der Waals surface area contributed by atoms with Crippen LogP contribution in [0.15, 0.2) is 0 Å². The van der Waals surface area contributed by atoms with Gasteiger partial charge < -0.3 is 15.3 Å². The Kier molecular flexibility index (Phi) is 19.3. The minimum Gasteiger partial charge on any atom is -0.480 e. The molecular formula is C25H48N2O4. The van der Waals surface area contributed by atoms with Gasteiger partial charge >= 0.3 is 5.97 Å². The smallest absolute Gasteiger partial charge is 0.326 e. The molecule has 0 fully saturated rings. The van der Waals surface area contributed by atoms with E-state index in [1.54, 1.807) is 0 Å². The summed E-state index contributed by atoms with van der Waals surface area (Å²) in [6, 6.07) is -0.991. The maximum atomic E-state index is 12.5. The Bertz CT molecular complexity index is 474. The molecule has 0 rings (SSSR count). The second kappa shape index (κ2) is 20.3. The first kappa shape index (κ1) is 29.4. The van der Waals surface area contributed by atoms with Crippen LogP contribution < -0.4 is 5.32 Å². The van der Waals surface area contributed by atoms with Crippen molar-refractivity contribution in [2.45, 2.75) is 130 Å². The van der Waals surface area contributed by atoms with Gasteiger partial charge in [0, 0.05) is 25.9 Å². The first-order valence-corrected chi connectivity index (χ1v) is 12.8. The number of hydrogen-bond acceptors (Lipinski definition) is 3. The summed E-state index contributed by atoms with van der Waals surface area (Å²) < 4.78 is 0. The lowest BCUT2D eigenvalue weighted by molar-refractivity contribution is -0.142. The van der Waals surface area contributed by atoms with Gasteiger partial charge in [0.1, 0.15) is 6.04 Å². The summed E-state index contributed by atoms with van der Waals surface area (Å²) in [6.07, 6.45) is 15.1. The summed E-state index contributed by atoms with van der Waals surface area (Å²) in [7, 11) is 0. The Morgan fingerprint density at radius 2 is 1.19 bits per heavy atom. The number of carbonyl (C=O) groups excluding carboxylic acids is 2. The molecule has 2 amide bonds. The molecule has 6 heteroatoms. The molecule has 0 saturated heterocycles. The van der Waals surface area contributed by atoms with Crippen LogP contribution in [-0.2, 0) is 14.4 Å². The predicted molar refractivity (Wildman–Crippen MR) is 127 cm³/mol. The number of nitrogens with zero attached hydrogens (tertiary/aromatic N) is 1. The van der Waals surface area contributed by atoms with Gasteiger partial charge in [-0.2, -0.15) is 0 Å². The zero-order valence-electron chi connectivity index (χ0n) is 20.4. The highest BCUT2D eigenvalue weighted by atomic mass is 16.4. The number of carboxylic acids is 1. The van der Waals surface area contributed by atoms with Crippen molar-refractivity contribution in [1.82, 2.24) is 10.2 Å². The number of rotatable bonds is 21. The highest BCUT2D eigenvalue weighted by Crippen LogP contribution is 2.11. The van der Waals surface area contributed by atoms with Crippen LogP contribution in [0, 0.1) is 0 Å². The average Bonchev–Trinajstić information content (AvgIpc) is 2.75. The van der Waals surface area contributed by atoms with Gasteiger partial charge in [-0.3, -0.25) is 9.59 Å². The molecule has 0 aromatic rings. The van der Waals surface area contributed by atoms with E-state index in [9.17, 15) is 19.5 Å². The molecule has 0 radical (unpaired) electrons. The van der Waals surface area contributed by atoms with Crippen LogP contribution in [0.5, 0.6) is 0 Å². The van der Waals surface area contributed by atoms with E-state index in [2.05, 4.69) is 26.1 Å². The fourth-order valence-electron chi connectivity index (χ4n) is 3.61. The van der Waals surface area contributed by atoms with E-state index < -0.39 is 12.0 Å². The zero-order chi connectivity index (χ0) is 23.3. The van der Waals surface area contributed by atoms with Crippen molar-refractivity contribution in [3.8, 4) is 0 Å². The van der Waals surface area contributed by atoms with Crippen LogP contribution >= 0.6 is 0 Å². The maximum absolute atomic E-state index is 12.5. The van der Waals surface area contributed by atoms with Gasteiger partial charge in [0.05, 0.1) is 0 Å². The average molecular weight is 441 g/mol. The highest BCUT2D eigenvalue weighted by molar-refractivity contribution is 5.84. The van der Waals surface area contributed by atoms with Crippen molar-refractivity contribution >= 4 is 17.8 Å². The fourth-order valence-corrected chi connectivity index (χ4v) is 3.61. The fraction of sp³-hybridized carbons (Fsp3) is 0.880. The van der Waals surface area contributed by atoms with E-state index in [4.69, 9.17) is 0 Å². The molecule has 0 aliphatic heterocycles. The first-order valence-electron chi connectivity index (χ1n) is 12.8. The molecule has 0 heterocycles. The molecule has 0 spiro atoms. The van der Waals surface area contributed by atoms with E-state index in [1.165, 1.54) is 38.5 Å². The van der Waals surface area contributed by atoms with E-state index in [0.717, 1.165) is 58.0 Å². The summed E-state index contributed by atoms with van der Waals surface area (Å²) in [5.41, 5.74) is 0. The quantitative estimate of drug-likeness (QED) is 0.225. The molecule has 2 N–H and O–H groups in total. The number of carbonyl (C=O) groups is 3. The number of aliphatic carboxylic acids is 1. The van der Waals surface area contributed by atoms with Crippen LogP contribution in [0.3, 0.4) is 0 Å². The summed E-state index contributed by atoms with van der Waals surface area (Å²) >= 11 is 0. The van der Waals surface area contributed by atoms with Crippen LogP contribution in [0.25, 0.3) is 0 Å². The van der Waals surface area contributed by atoms with Crippen molar-refractivity contribution in [2.75, 3.05) is 13.1 Å². The van der Waals surface area contributed by atoms with Crippen LogP contribution in [0.2, 0.25) is 0 Å². The van der Waals surface area contributed by atoms with Gasteiger partial charge in [-0.05, 0) is 25.7 Å². The van der Waals surface area contributed by atoms with E-state index in [0.29, 0.717) is 6.42 Å². The lowest BCUT2D eigenvalue weighted by Gasteiger charge is -2.23. The summed E-state index contributed by atoms with van der Waals surface area (Å²) in [5, 5.41) is 12.1. The number of unbranched alkanes of at least 4 members (excludes halogenated alkanes) is 10. The molecular weight excluding hydrogens is 392 g/mol.